The van der Waals surface area contributed by atoms with Gasteiger partial charge < -0.3 is 15.6 Å². The van der Waals surface area contributed by atoms with E-state index in [-0.39, 0.29) is 6.61 Å². The number of hydrogen-bond acceptors (Lipinski definition) is 4. The minimum Gasteiger partial charge on any atom is -0.489 e. The molecular weight excluding hydrogens is 208 g/mol. The number of aromatic nitrogens is 1. The number of nitrogens with two attached hydrogens (primary N) is 1. The Kier molecular flexibility index (Phi) is 4.25. The topological polar surface area (TPSA) is 85.4 Å². The summed E-state index contributed by atoms with van der Waals surface area (Å²) < 4.78 is 5.34. The predicted molar refractivity (Wildman–Crippen MR) is 59.5 cm³/mol. The van der Waals surface area contributed by atoms with Gasteiger partial charge in [-0.2, -0.15) is 0 Å². The van der Waals surface area contributed by atoms with E-state index < -0.39 is 12.0 Å². The van der Waals surface area contributed by atoms with E-state index in [1.807, 2.05) is 19.9 Å². The highest BCUT2D eigenvalue weighted by molar-refractivity contribution is 5.73. The average molecular weight is 224 g/mol. The fourth-order valence-electron chi connectivity index (χ4n) is 1.23. The molecule has 0 saturated heterocycles. The highest BCUT2D eigenvalue weighted by Crippen LogP contribution is 2.17. The van der Waals surface area contributed by atoms with Gasteiger partial charge >= 0.3 is 5.97 Å². The van der Waals surface area contributed by atoms with Gasteiger partial charge in [-0.25, -0.2) is 0 Å². The minimum atomic E-state index is -1.07. The summed E-state index contributed by atoms with van der Waals surface area (Å²) in [6.07, 6.45) is 0.735. The second-order valence-electron chi connectivity index (χ2n) is 3.51. The van der Waals surface area contributed by atoms with Crippen molar-refractivity contribution in [1.29, 1.82) is 0 Å². The molecule has 0 saturated carbocycles. The van der Waals surface area contributed by atoms with E-state index in [0.717, 1.165) is 17.8 Å². The molecule has 1 atom stereocenters. The molecule has 1 heterocycles. The maximum atomic E-state index is 10.5. The first kappa shape index (κ1) is 12.4. The van der Waals surface area contributed by atoms with E-state index in [9.17, 15) is 4.79 Å². The molecule has 5 heteroatoms. The third-order valence-corrected chi connectivity index (χ3v) is 2.14. The second-order valence-corrected chi connectivity index (χ2v) is 3.51. The zero-order chi connectivity index (χ0) is 12.1. The van der Waals surface area contributed by atoms with Crippen LogP contribution in [0.15, 0.2) is 12.1 Å². The highest BCUT2D eigenvalue weighted by Gasteiger charge is 2.13. The first-order chi connectivity index (χ1) is 7.54. The van der Waals surface area contributed by atoms with E-state index in [2.05, 4.69) is 4.98 Å². The van der Waals surface area contributed by atoms with Crippen LogP contribution >= 0.6 is 0 Å². The number of pyridine rings is 1. The molecule has 88 valence electrons. The maximum Gasteiger partial charge on any atom is 0.324 e. The molecule has 0 radical (unpaired) electrons. The number of carboxylic acid groups (broad SMARTS) is 1. The van der Waals surface area contributed by atoms with Crippen LogP contribution < -0.4 is 10.5 Å². The molecule has 0 aliphatic heterocycles. The number of aryl methyl sites for hydroxylation is 2. The smallest absolute Gasteiger partial charge is 0.324 e. The van der Waals surface area contributed by atoms with Crippen LogP contribution in [-0.4, -0.2) is 28.7 Å². The quantitative estimate of drug-likeness (QED) is 0.770. The zero-order valence-electron chi connectivity index (χ0n) is 9.43. The van der Waals surface area contributed by atoms with Crippen LogP contribution in [0.25, 0.3) is 0 Å². The summed E-state index contributed by atoms with van der Waals surface area (Å²) >= 11 is 0. The van der Waals surface area contributed by atoms with Gasteiger partial charge in [0.15, 0.2) is 0 Å². The number of ether oxygens (including phenoxy) is 1. The molecule has 1 aromatic heterocycles. The van der Waals surface area contributed by atoms with Crippen LogP contribution in [-0.2, 0) is 11.2 Å². The number of carbonyl (C=O) groups is 1. The number of carboxylic acids is 1. The van der Waals surface area contributed by atoms with Gasteiger partial charge in [0.2, 0.25) is 0 Å². The average Bonchev–Trinajstić information content (AvgIpc) is 2.26. The summed E-state index contributed by atoms with van der Waals surface area (Å²) in [5.74, 6) is -0.470. The second kappa shape index (κ2) is 5.46. The summed E-state index contributed by atoms with van der Waals surface area (Å²) in [6.45, 7) is 3.81. The molecule has 0 fully saturated rings. The fourth-order valence-corrected chi connectivity index (χ4v) is 1.23. The molecule has 16 heavy (non-hydrogen) atoms. The van der Waals surface area contributed by atoms with Gasteiger partial charge in [0, 0.05) is 5.69 Å². The summed E-state index contributed by atoms with van der Waals surface area (Å²) in [4.78, 5) is 14.8. The minimum absolute atomic E-state index is 0.0485. The standard InChI is InChI=1S/C11H16N2O3/c1-3-9-10(5-4-7(2)13-9)16-6-8(12)11(14)15/h4-5,8H,3,6,12H2,1-2H3,(H,14,15). The Balaban J connectivity index is 2.70. The van der Waals surface area contributed by atoms with Gasteiger partial charge in [-0.1, -0.05) is 6.92 Å². The molecule has 0 aliphatic carbocycles. The number of hydrogen-bond donors (Lipinski definition) is 2. The van der Waals surface area contributed by atoms with Crippen molar-refractivity contribution >= 4 is 5.97 Å². The van der Waals surface area contributed by atoms with Gasteiger partial charge in [-0.05, 0) is 25.5 Å². The SMILES string of the molecule is CCc1nc(C)ccc1OCC(N)C(=O)O. The third-order valence-electron chi connectivity index (χ3n) is 2.14. The number of nitrogens with zero attached hydrogens (tertiary/aromatic N) is 1. The molecule has 5 nitrogen and oxygen atoms in total. The van der Waals surface area contributed by atoms with Gasteiger partial charge in [0.25, 0.3) is 0 Å². The number of aliphatic carboxylic acids is 1. The molecule has 0 aliphatic rings. The van der Waals surface area contributed by atoms with E-state index >= 15 is 0 Å². The molecule has 0 amide bonds. The molecule has 1 unspecified atom stereocenters. The molecule has 0 aromatic carbocycles. The normalized spacial score (nSPS) is 12.2. The van der Waals surface area contributed by atoms with E-state index in [1.165, 1.54) is 0 Å². The van der Waals surface area contributed by atoms with Gasteiger partial charge in [-0.15, -0.1) is 0 Å². The number of rotatable bonds is 5. The lowest BCUT2D eigenvalue weighted by molar-refractivity contribution is -0.139. The molecule has 0 bridgehead atoms. The lowest BCUT2D eigenvalue weighted by atomic mass is 10.2. The molecule has 3 N–H and O–H groups in total. The summed E-state index contributed by atoms with van der Waals surface area (Å²) in [5, 5.41) is 8.61. The third kappa shape index (κ3) is 3.20. The summed E-state index contributed by atoms with van der Waals surface area (Å²) in [6, 6.07) is 2.60. The Labute approximate surface area is 94.2 Å². The van der Waals surface area contributed by atoms with Crippen molar-refractivity contribution in [3.63, 3.8) is 0 Å². The Bertz CT molecular complexity index is 379. The van der Waals surface area contributed by atoms with Crippen LogP contribution in [0.4, 0.5) is 0 Å². The molecule has 1 aromatic rings. The molecular formula is C11H16N2O3. The van der Waals surface area contributed by atoms with Crippen molar-refractivity contribution in [2.75, 3.05) is 6.61 Å². The Morgan fingerprint density at radius 1 is 1.62 bits per heavy atom. The maximum absolute atomic E-state index is 10.5. The van der Waals surface area contributed by atoms with E-state index in [0.29, 0.717) is 5.75 Å². The lowest BCUT2D eigenvalue weighted by Gasteiger charge is -2.12. The summed E-state index contributed by atoms with van der Waals surface area (Å²) in [5.41, 5.74) is 7.07. The van der Waals surface area contributed by atoms with Crippen LogP contribution in [0.1, 0.15) is 18.3 Å². The largest absolute Gasteiger partial charge is 0.489 e. The Hall–Kier alpha value is -1.62. The first-order valence-corrected chi connectivity index (χ1v) is 5.12. The fraction of sp³-hybridized carbons (Fsp3) is 0.455. The van der Waals surface area contributed by atoms with Gasteiger partial charge in [0.1, 0.15) is 18.4 Å². The van der Waals surface area contributed by atoms with Crippen LogP contribution in [0, 0.1) is 6.92 Å². The van der Waals surface area contributed by atoms with E-state index in [4.69, 9.17) is 15.6 Å². The Morgan fingerprint density at radius 2 is 2.31 bits per heavy atom. The van der Waals surface area contributed by atoms with Gasteiger partial charge in [0.05, 0.1) is 5.69 Å². The first-order valence-electron chi connectivity index (χ1n) is 5.12. The Morgan fingerprint density at radius 3 is 2.88 bits per heavy atom. The van der Waals surface area contributed by atoms with Crippen molar-refractivity contribution in [2.45, 2.75) is 26.3 Å². The molecule has 1 rings (SSSR count). The lowest BCUT2D eigenvalue weighted by Crippen LogP contribution is -2.36. The zero-order valence-corrected chi connectivity index (χ0v) is 9.43. The molecule has 0 spiro atoms. The predicted octanol–water partition coefficient (Wildman–Crippen LogP) is 0.743. The van der Waals surface area contributed by atoms with Gasteiger partial charge in [-0.3, -0.25) is 9.78 Å². The van der Waals surface area contributed by atoms with Crippen molar-refractivity contribution < 1.29 is 14.6 Å². The van der Waals surface area contributed by atoms with Crippen LogP contribution in [0.5, 0.6) is 5.75 Å². The van der Waals surface area contributed by atoms with Crippen LogP contribution in [0.2, 0.25) is 0 Å². The monoisotopic (exact) mass is 224 g/mol. The van der Waals surface area contributed by atoms with Crippen molar-refractivity contribution in [1.82, 2.24) is 4.98 Å². The van der Waals surface area contributed by atoms with Crippen LogP contribution in [0.3, 0.4) is 0 Å². The van der Waals surface area contributed by atoms with Crippen molar-refractivity contribution in [2.24, 2.45) is 5.73 Å². The summed E-state index contributed by atoms with van der Waals surface area (Å²) in [7, 11) is 0. The van der Waals surface area contributed by atoms with Crippen molar-refractivity contribution in [3.8, 4) is 5.75 Å². The highest BCUT2D eigenvalue weighted by atomic mass is 16.5. The van der Waals surface area contributed by atoms with Crippen molar-refractivity contribution in [3.05, 3.63) is 23.5 Å². The van der Waals surface area contributed by atoms with E-state index in [1.54, 1.807) is 6.07 Å².